The summed E-state index contributed by atoms with van der Waals surface area (Å²) in [5.74, 6) is 0.723. The molecule has 0 aliphatic heterocycles. The fraction of sp³-hybridized carbons (Fsp3) is 0.375. The van der Waals surface area contributed by atoms with E-state index in [2.05, 4.69) is 12.2 Å². The van der Waals surface area contributed by atoms with Crippen LogP contribution in [0.25, 0.3) is 0 Å². The van der Waals surface area contributed by atoms with Crippen LogP contribution in [0.5, 0.6) is 0 Å². The normalized spacial score (nSPS) is 39.9. The van der Waals surface area contributed by atoms with Gasteiger partial charge in [-0.25, -0.2) is 0 Å². The molecule has 0 heterocycles. The summed E-state index contributed by atoms with van der Waals surface area (Å²) < 4.78 is 0. The minimum atomic E-state index is -0.495. The van der Waals surface area contributed by atoms with Gasteiger partial charge in [-0.15, -0.1) is 0 Å². The second kappa shape index (κ2) is 3.00. The minimum Gasteiger partial charge on any atom is -0.294 e. The zero-order valence-electron chi connectivity index (χ0n) is 10.2. The second-order valence-corrected chi connectivity index (χ2v) is 5.89. The molecule has 4 atom stereocenters. The van der Waals surface area contributed by atoms with Crippen LogP contribution in [0.1, 0.15) is 34.1 Å². The van der Waals surface area contributed by atoms with Gasteiger partial charge >= 0.3 is 0 Å². The summed E-state index contributed by atoms with van der Waals surface area (Å²) in [5, 5.41) is 0. The molecule has 1 aromatic rings. The maximum Gasteiger partial charge on any atom is 0.170 e. The first kappa shape index (κ1) is 10.2. The van der Waals surface area contributed by atoms with E-state index in [-0.39, 0.29) is 29.3 Å². The predicted octanol–water partition coefficient (Wildman–Crippen LogP) is 2.89. The lowest BCUT2D eigenvalue weighted by Crippen LogP contribution is -2.47. The van der Waals surface area contributed by atoms with Crippen LogP contribution in [0, 0.1) is 23.2 Å². The summed E-state index contributed by atoms with van der Waals surface area (Å²) in [4.78, 5) is 25.4. The first-order chi connectivity index (χ1) is 8.64. The highest BCUT2D eigenvalue weighted by Crippen LogP contribution is 2.60. The third kappa shape index (κ3) is 0.925. The largest absolute Gasteiger partial charge is 0.294 e. The third-order valence-corrected chi connectivity index (χ3v) is 5.17. The van der Waals surface area contributed by atoms with Gasteiger partial charge in [-0.2, -0.15) is 0 Å². The first-order valence-electron chi connectivity index (χ1n) is 6.50. The fourth-order valence-corrected chi connectivity index (χ4v) is 4.22. The number of rotatable bonds is 0. The smallest absolute Gasteiger partial charge is 0.170 e. The molecule has 0 N–H and O–H groups in total. The Labute approximate surface area is 106 Å². The summed E-state index contributed by atoms with van der Waals surface area (Å²) in [5.41, 5.74) is 0.762. The van der Waals surface area contributed by atoms with E-state index >= 15 is 0 Å². The van der Waals surface area contributed by atoms with Gasteiger partial charge in [-0.05, 0) is 18.3 Å². The van der Waals surface area contributed by atoms with Crippen LogP contribution in [0.2, 0.25) is 0 Å². The molecule has 3 aliphatic carbocycles. The summed E-state index contributed by atoms with van der Waals surface area (Å²) in [6.45, 7) is 1.99. The van der Waals surface area contributed by atoms with E-state index in [1.807, 2.05) is 19.1 Å². The van der Waals surface area contributed by atoms with Crippen molar-refractivity contribution >= 4 is 11.6 Å². The van der Waals surface area contributed by atoms with Crippen LogP contribution in [-0.2, 0) is 0 Å². The number of hydrogen-bond acceptors (Lipinski definition) is 2. The third-order valence-electron chi connectivity index (χ3n) is 5.17. The average molecular weight is 238 g/mol. The molecule has 0 radical (unpaired) electrons. The number of Topliss-reactive ketones (excluding diaryl/α,β-unsaturated/α-hetero) is 2. The Hall–Kier alpha value is -1.70. The SMILES string of the molecule is C[C@@]12C(=O)c3ccccc3C(=O)[C@@H]1[C@H]1C=C[C@@H]2C1. The monoisotopic (exact) mass is 238 g/mol. The van der Waals surface area contributed by atoms with Crippen LogP contribution in [0.3, 0.4) is 0 Å². The van der Waals surface area contributed by atoms with Crippen molar-refractivity contribution in [3.8, 4) is 0 Å². The van der Waals surface area contributed by atoms with Gasteiger partial charge in [0.15, 0.2) is 11.6 Å². The zero-order valence-corrected chi connectivity index (χ0v) is 10.2. The Balaban J connectivity index is 2.00. The van der Waals surface area contributed by atoms with Gasteiger partial charge < -0.3 is 0 Å². The molecule has 0 aromatic heterocycles. The van der Waals surface area contributed by atoms with E-state index in [1.54, 1.807) is 12.1 Å². The minimum absolute atomic E-state index is 0.130. The number of allylic oxidation sites excluding steroid dienone is 2. The molecule has 0 saturated heterocycles. The van der Waals surface area contributed by atoms with Crippen molar-refractivity contribution in [1.82, 2.24) is 0 Å². The molecular weight excluding hydrogens is 224 g/mol. The number of carbonyl (C=O) groups excluding carboxylic acids is 2. The van der Waals surface area contributed by atoms with Crippen LogP contribution in [-0.4, -0.2) is 11.6 Å². The summed E-state index contributed by atoms with van der Waals surface area (Å²) in [7, 11) is 0. The average Bonchev–Trinajstić information content (AvgIpc) is 2.96. The standard InChI is InChI=1S/C16H14O2/c1-16-10-7-6-9(8-10)13(16)14(17)11-4-2-3-5-12(11)15(16)18/h2-7,9-10,13H,8H2,1H3/t9-,10+,13-,16-/m0/s1. The Kier molecular flexibility index (Phi) is 1.71. The van der Waals surface area contributed by atoms with E-state index in [0.717, 1.165) is 6.42 Å². The maximum atomic E-state index is 12.8. The molecule has 2 bridgehead atoms. The van der Waals surface area contributed by atoms with Gasteiger partial charge in [-0.3, -0.25) is 9.59 Å². The molecule has 18 heavy (non-hydrogen) atoms. The van der Waals surface area contributed by atoms with Gasteiger partial charge in [0.05, 0.1) is 0 Å². The van der Waals surface area contributed by atoms with E-state index in [0.29, 0.717) is 11.1 Å². The molecule has 1 fully saturated rings. The molecule has 2 heteroatoms. The van der Waals surface area contributed by atoms with Crippen LogP contribution in [0.4, 0.5) is 0 Å². The lowest BCUT2D eigenvalue weighted by atomic mass is 9.59. The molecule has 0 amide bonds. The molecule has 2 nitrogen and oxygen atoms in total. The maximum absolute atomic E-state index is 12.8. The van der Waals surface area contributed by atoms with E-state index in [4.69, 9.17) is 0 Å². The van der Waals surface area contributed by atoms with E-state index in [9.17, 15) is 9.59 Å². The second-order valence-electron chi connectivity index (χ2n) is 5.89. The quantitative estimate of drug-likeness (QED) is 0.651. The molecule has 1 aromatic carbocycles. The Morgan fingerprint density at radius 1 is 1.11 bits per heavy atom. The van der Waals surface area contributed by atoms with Gasteiger partial charge in [0.2, 0.25) is 0 Å². The predicted molar refractivity (Wildman–Crippen MR) is 67.4 cm³/mol. The molecule has 90 valence electrons. The number of hydrogen-bond donors (Lipinski definition) is 0. The number of ketones is 2. The van der Waals surface area contributed by atoms with Crippen LogP contribution in [0.15, 0.2) is 36.4 Å². The molecule has 4 rings (SSSR count). The molecule has 3 aliphatic rings. The molecule has 0 spiro atoms. The van der Waals surface area contributed by atoms with Gasteiger partial charge in [-0.1, -0.05) is 43.3 Å². The van der Waals surface area contributed by atoms with Gasteiger partial charge in [0, 0.05) is 22.5 Å². The van der Waals surface area contributed by atoms with Crippen molar-refractivity contribution < 1.29 is 9.59 Å². The Morgan fingerprint density at radius 3 is 2.61 bits per heavy atom. The number of benzene rings is 1. The fourth-order valence-electron chi connectivity index (χ4n) is 4.22. The van der Waals surface area contributed by atoms with E-state index in [1.165, 1.54) is 0 Å². The van der Waals surface area contributed by atoms with Gasteiger partial charge in [0.1, 0.15) is 0 Å². The van der Waals surface area contributed by atoms with Crippen molar-refractivity contribution in [3.63, 3.8) is 0 Å². The van der Waals surface area contributed by atoms with Crippen molar-refractivity contribution in [2.45, 2.75) is 13.3 Å². The number of carbonyl (C=O) groups is 2. The summed E-state index contributed by atoms with van der Waals surface area (Å²) >= 11 is 0. The lowest BCUT2D eigenvalue weighted by Gasteiger charge is -2.40. The highest BCUT2D eigenvalue weighted by molar-refractivity contribution is 6.18. The Morgan fingerprint density at radius 2 is 1.83 bits per heavy atom. The van der Waals surface area contributed by atoms with Crippen LogP contribution < -0.4 is 0 Å². The molecular formula is C16H14O2. The van der Waals surface area contributed by atoms with Gasteiger partial charge in [0.25, 0.3) is 0 Å². The molecule has 0 unspecified atom stereocenters. The van der Waals surface area contributed by atoms with Crippen molar-refractivity contribution in [2.24, 2.45) is 23.2 Å². The van der Waals surface area contributed by atoms with E-state index < -0.39 is 5.41 Å². The topological polar surface area (TPSA) is 34.1 Å². The molecule has 1 saturated carbocycles. The Bertz CT molecular complexity index is 613. The van der Waals surface area contributed by atoms with Crippen molar-refractivity contribution in [1.29, 1.82) is 0 Å². The highest BCUT2D eigenvalue weighted by atomic mass is 16.1. The van der Waals surface area contributed by atoms with Crippen molar-refractivity contribution in [3.05, 3.63) is 47.5 Å². The first-order valence-corrected chi connectivity index (χ1v) is 6.50. The lowest BCUT2D eigenvalue weighted by molar-refractivity contribution is 0.0552. The highest BCUT2D eigenvalue weighted by Gasteiger charge is 2.62. The summed E-state index contributed by atoms with van der Waals surface area (Å²) in [6.07, 6.45) is 5.24. The number of fused-ring (bicyclic) bond motifs is 6. The summed E-state index contributed by atoms with van der Waals surface area (Å²) in [6, 6.07) is 7.28. The van der Waals surface area contributed by atoms with Crippen LogP contribution >= 0.6 is 0 Å². The van der Waals surface area contributed by atoms with Crippen molar-refractivity contribution in [2.75, 3.05) is 0 Å². The zero-order chi connectivity index (χ0) is 12.5.